The van der Waals surface area contributed by atoms with Gasteiger partial charge in [-0.3, -0.25) is 4.79 Å². The molecule has 0 unspecified atom stereocenters. The average Bonchev–Trinajstić information content (AvgIpc) is 2.56. The van der Waals surface area contributed by atoms with Crippen LogP contribution in [0.4, 0.5) is 0 Å². The maximum atomic E-state index is 11.9. The molecule has 0 aliphatic carbocycles. The fourth-order valence-electron chi connectivity index (χ4n) is 2.14. The molecule has 0 heterocycles. The Labute approximate surface area is 149 Å². The quantitative estimate of drug-likeness (QED) is 0.213. The van der Waals surface area contributed by atoms with Crippen molar-refractivity contribution in [1.82, 2.24) is 4.90 Å². The Morgan fingerprint density at radius 1 is 1.24 bits per heavy atom. The van der Waals surface area contributed by atoms with Crippen molar-refractivity contribution in [2.24, 2.45) is 0 Å². The van der Waals surface area contributed by atoms with E-state index in [1.54, 1.807) is 25.1 Å². The van der Waals surface area contributed by atoms with Gasteiger partial charge in [-0.25, -0.2) is 4.79 Å². The molecule has 0 bridgehead atoms. The summed E-state index contributed by atoms with van der Waals surface area (Å²) >= 11 is 0. The smallest absolute Gasteiger partial charge is 0.341 e. The third-order valence-corrected chi connectivity index (χ3v) is 3.40. The van der Waals surface area contributed by atoms with E-state index in [1.807, 2.05) is 14.1 Å². The predicted octanol–water partition coefficient (Wildman–Crippen LogP) is 2.56. The Kier molecular flexibility index (Phi) is 8.70. The molecule has 6 nitrogen and oxygen atoms in total. The monoisotopic (exact) mass is 349 g/mol. The van der Waals surface area contributed by atoms with Crippen molar-refractivity contribution < 1.29 is 23.8 Å². The number of ketones is 1. The number of benzene rings is 1. The first kappa shape index (κ1) is 20.7. The second kappa shape index (κ2) is 10.5. The summed E-state index contributed by atoms with van der Waals surface area (Å²) in [5, 5.41) is 0. The molecular formula is C19H27NO5. The molecule has 0 radical (unpaired) electrons. The Bertz CT molecular complexity index is 622. The minimum atomic E-state index is -0.638. The lowest BCUT2D eigenvalue weighted by Gasteiger charge is -2.12. The molecule has 0 saturated heterocycles. The summed E-state index contributed by atoms with van der Waals surface area (Å²) in [6.45, 7) is 4.77. The zero-order valence-electron chi connectivity index (χ0n) is 15.6. The highest BCUT2D eigenvalue weighted by Crippen LogP contribution is 2.27. The molecule has 6 heteroatoms. The topological polar surface area (TPSA) is 65.1 Å². The SMILES string of the molecule is CCOC(=O)/C(=C\c1ccc(OCCCN(C)C)cc1OC)C(C)=O. The van der Waals surface area contributed by atoms with E-state index in [0.717, 1.165) is 13.0 Å². The number of carbonyl (C=O) groups is 2. The van der Waals surface area contributed by atoms with Crippen LogP contribution in [0.1, 0.15) is 25.8 Å². The Morgan fingerprint density at radius 3 is 2.52 bits per heavy atom. The van der Waals surface area contributed by atoms with Gasteiger partial charge >= 0.3 is 5.97 Å². The molecule has 1 aromatic rings. The van der Waals surface area contributed by atoms with Gasteiger partial charge in [0.05, 0.1) is 20.3 Å². The van der Waals surface area contributed by atoms with Crippen LogP contribution in [0.25, 0.3) is 6.08 Å². The normalized spacial score (nSPS) is 11.4. The van der Waals surface area contributed by atoms with Gasteiger partial charge in [0.1, 0.15) is 17.1 Å². The third-order valence-electron chi connectivity index (χ3n) is 3.40. The summed E-state index contributed by atoms with van der Waals surface area (Å²) in [4.78, 5) is 25.7. The van der Waals surface area contributed by atoms with E-state index in [1.165, 1.54) is 20.1 Å². The van der Waals surface area contributed by atoms with E-state index in [0.29, 0.717) is 23.7 Å². The van der Waals surface area contributed by atoms with E-state index < -0.39 is 5.97 Å². The van der Waals surface area contributed by atoms with Gasteiger partial charge in [0.2, 0.25) is 0 Å². The first-order valence-corrected chi connectivity index (χ1v) is 8.24. The Morgan fingerprint density at radius 2 is 1.96 bits per heavy atom. The lowest BCUT2D eigenvalue weighted by Crippen LogP contribution is -2.15. The maximum absolute atomic E-state index is 11.9. The van der Waals surface area contributed by atoms with Gasteiger partial charge in [-0.15, -0.1) is 0 Å². The van der Waals surface area contributed by atoms with Gasteiger partial charge in [-0.1, -0.05) is 0 Å². The maximum Gasteiger partial charge on any atom is 0.341 e. The molecule has 25 heavy (non-hydrogen) atoms. The molecule has 0 N–H and O–H groups in total. The number of hydrogen-bond acceptors (Lipinski definition) is 6. The fourth-order valence-corrected chi connectivity index (χ4v) is 2.14. The summed E-state index contributed by atoms with van der Waals surface area (Å²) < 4.78 is 16.0. The standard InChI is InChI=1S/C19H27NO5/c1-6-24-19(22)17(14(2)21)12-15-8-9-16(13-18(15)23-5)25-11-7-10-20(3)4/h8-9,12-13H,6-7,10-11H2,1-5H3/b17-12-. The number of esters is 1. The van der Waals surface area contributed by atoms with E-state index in [9.17, 15) is 9.59 Å². The molecule has 0 aliphatic rings. The first-order valence-electron chi connectivity index (χ1n) is 8.24. The second-order valence-corrected chi connectivity index (χ2v) is 5.74. The molecule has 0 aromatic heterocycles. The molecule has 0 spiro atoms. The van der Waals surface area contributed by atoms with Gasteiger partial charge in [0.15, 0.2) is 5.78 Å². The number of ether oxygens (including phenoxy) is 3. The Hall–Kier alpha value is -2.34. The minimum absolute atomic E-state index is 0.0141. The molecular weight excluding hydrogens is 322 g/mol. The summed E-state index contributed by atoms with van der Waals surface area (Å²) in [7, 11) is 5.56. The van der Waals surface area contributed by atoms with Gasteiger partial charge in [-0.2, -0.15) is 0 Å². The lowest BCUT2D eigenvalue weighted by molar-refractivity contribution is -0.139. The lowest BCUT2D eigenvalue weighted by atomic mass is 10.1. The zero-order valence-corrected chi connectivity index (χ0v) is 15.6. The van der Waals surface area contributed by atoms with E-state index in [2.05, 4.69) is 4.90 Å². The van der Waals surface area contributed by atoms with Gasteiger partial charge in [-0.05, 0) is 52.6 Å². The van der Waals surface area contributed by atoms with Crippen molar-refractivity contribution in [3.63, 3.8) is 0 Å². The van der Waals surface area contributed by atoms with Crippen LogP contribution in [0.5, 0.6) is 11.5 Å². The van der Waals surface area contributed by atoms with Crippen LogP contribution in [0, 0.1) is 0 Å². The highest BCUT2D eigenvalue weighted by atomic mass is 16.5. The van der Waals surface area contributed by atoms with E-state index in [-0.39, 0.29) is 18.0 Å². The number of nitrogens with zero attached hydrogens (tertiary/aromatic N) is 1. The third kappa shape index (κ3) is 6.97. The van der Waals surface area contributed by atoms with E-state index >= 15 is 0 Å². The number of Topliss-reactive ketones (excluding diaryl/α,β-unsaturated/α-hetero) is 1. The van der Waals surface area contributed by atoms with Crippen LogP contribution >= 0.6 is 0 Å². The molecule has 1 rings (SSSR count). The van der Waals surface area contributed by atoms with Crippen molar-refractivity contribution in [1.29, 1.82) is 0 Å². The largest absolute Gasteiger partial charge is 0.496 e. The van der Waals surface area contributed by atoms with Gasteiger partial charge < -0.3 is 19.1 Å². The molecule has 0 atom stereocenters. The summed E-state index contributed by atoms with van der Waals surface area (Å²) in [5.41, 5.74) is 0.598. The highest BCUT2D eigenvalue weighted by molar-refractivity contribution is 6.19. The zero-order chi connectivity index (χ0) is 18.8. The molecule has 0 amide bonds. The number of rotatable bonds is 10. The van der Waals surface area contributed by atoms with Crippen LogP contribution in [0.3, 0.4) is 0 Å². The van der Waals surface area contributed by atoms with Gasteiger partial charge in [0, 0.05) is 18.2 Å². The molecule has 0 saturated carbocycles. The molecule has 1 aromatic carbocycles. The predicted molar refractivity (Wildman–Crippen MR) is 97.0 cm³/mol. The van der Waals surface area contributed by atoms with Crippen LogP contribution in [0.2, 0.25) is 0 Å². The van der Waals surface area contributed by atoms with Crippen molar-refractivity contribution in [2.45, 2.75) is 20.3 Å². The van der Waals surface area contributed by atoms with Crippen molar-refractivity contribution in [3.8, 4) is 11.5 Å². The number of hydrogen-bond donors (Lipinski definition) is 0. The summed E-state index contributed by atoms with van der Waals surface area (Å²) in [5.74, 6) is 0.201. The summed E-state index contributed by atoms with van der Waals surface area (Å²) in [6, 6.07) is 5.28. The van der Waals surface area contributed by atoms with Crippen molar-refractivity contribution in [2.75, 3.05) is 41.0 Å². The molecule has 138 valence electrons. The van der Waals surface area contributed by atoms with Crippen LogP contribution in [-0.4, -0.2) is 57.6 Å². The van der Waals surface area contributed by atoms with Crippen molar-refractivity contribution >= 4 is 17.8 Å². The number of carbonyl (C=O) groups excluding carboxylic acids is 2. The summed E-state index contributed by atoms with van der Waals surface area (Å²) in [6.07, 6.45) is 2.39. The highest BCUT2D eigenvalue weighted by Gasteiger charge is 2.17. The van der Waals surface area contributed by atoms with Crippen molar-refractivity contribution in [3.05, 3.63) is 29.3 Å². The fraction of sp³-hybridized carbons (Fsp3) is 0.474. The van der Waals surface area contributed by atoms with Crippen LogP contribution in [-0.2, 0) is 14.3 Å². The first-order chi connectivity index (χ1) is 11.9. The molecule has 0 aliphatic heterocycles. The van der Waals surface area contributed by atoms with Crippen LogP contribution < -0.4 is 9.47 Å². The van der Waals surface area contributed by atoms with Gasteiger partial charge in [0.25, 0.3) is 0 Å². The minimum Gasteiger partial charge on any atom is -0.496 e. The van der Waals surface area contributed by atoms with E-state index in [4.69, 9.17) is 14.2 Å². The van der Waals surface area contributed by atoms with Crippen LogP contribution in [0.15, 0.2) is 23.8 Å². The molecule has 0 fully saturated rings. The second-order valence-electron chi connectivity index (χ2n) is 5.74. The Balaban J connectivity index is 2.94. The average molecular weight is 349 g/mol. The number of methoxy groups -OCH3 is 1.